The molecule has 3 N–H and O–H groups in total. The normalized spacial score (nSPS) is 14.3. The van der Waals surface area contributed by atoms with Crippen LogP contribution in [0.4, 0.5) is 31.7 Å². The molecule has 1 fully saturated rings. The summed E-state index contributed by atoms with van der Waals surface area (Å²) in [5.41, 5.74) is 1.21. The fraction of sp³-hybridized carbons (Fsp3) is 0.233. The second kappa shape index (κ2) is 12.4. The Bertz CT molecular complexity index is 1710. The lowest BCUT2D eigenvalue weighted by atomic mass is 10.0. The Morgan fingerprint density at radius 3 is 2.47 bits per heavy atom. The molecule has 0 aliphatic carbocycles. The Kier molecular flexibility index (Phi) is 8.44. The standard InChI is InChI=1S/C30H28F2N6O5/c1-5-24(39)36-20-12-33-11-15(2)28(20)38-23-9-16-8-18(35-17-6-7-43-14-17)29(37-19(16)13-34-23)30(40)25-26(31)21(41-3)10-22(42-4)27(25)32/h5,8-13,17,35H,1,6-7,14H2,2-4H3,(H,36,39)(H,33,34,38). The number of nitrogens with zero attached hydrogens (tertiary/aromatic N) is 3. The van der Waals surface area contributed by atoms with Gasteiger partial charge in [0.2, 0.25) is 11.7 Å². The zero-order valence-corrected chi connectivity index (χ0v) is 23.6. The fourth-order valence-corrected chi connectivity index (χ4v) is 4.64. The minimum atomic E-state index is -1.17. The van der Waals surface area contributed by atoms with E-state index in [1.807, 2.05) is 6.92 Å². The fourth-order valence-electron chi connectivity index (χ4n) is 4.64. The van der Waals surface area contributed by atoms with Crippen molar-refractivity contribution in [2.24, 2.45) is 0 Å². The van der Waals surface area contributed by atoms with Gasteiger partial charge in [-0.15, -0.1) is 0 Å². The maximum Gasteiger partial charge on any atom is 0.247 e. The largest absolute Gasteiger partial charge is 0.494 e. The number of pyridine rings is 3. The number of benzene rings is 1. The van der Waals surface area contributed by atoms with E-state index >= 15 is 8.78 Å². The van der Waals surface area contributed by atoms with E-state index < -0.39 is 28.9 Å². The number of hydrogen-bond donors (Lipinski definition) is 3. The van der Waals surface area contributed by atoms with Gasteiger partial charge in [0.25, 0.3) is 0 Å². The van der Waals surface area contributed by atoms with Crippen molar-refractivity contribution in [1.82, 2.24) is 15.0 Å². The Balaban J connectivity index is 1.59. The average Bonchev–Trinajstić information content (AvgIpc) is 3.51. The summed E-state index contributed by atoms with van der Waals surface area (Å²) in [7, 11) is 2.40. The molecular formula is C30H28F2N6O5. The highest BCUT2D eigenvalue weighted by Crippen LogP contribution is 2.35. The zero-order chi connectivity index (χ0) is 30.7. The number of ketones is 1. The molecule has 0 spiro atoms. The SMILES string of the molecule is C=CC(=O)Nc1cncc(C)c1Nc1cc2cc(NC3CCOC3)c(C(=O)c3c(F)c(OC)cc(OC)c3F)nc2cn1. The minimum absolute atomic E-state index is 0.157. The highest BCUT2D eigenvalue weighted by Gasteiger charge is 2.30. The summed E-state index contributed by atoms with van der Waals surface area (Å²) in [6.45, 7) is 6.19. The first-order valence-electron chi connectivity index (χ1n) is 13.2. The van der Waals surface area contributed by atoms with E-state index in [4.69, 9.17) is 14.2 Å². The van der Waals surface area contributed by atoms with E-state index in [0.29, 0.717) is 47.7 Å². The number of hydrogen-bond acceptors (Lipinski definition) is 10. The second-order valence-corrected chi connectivity index (χ2v) is 9.66. The Morgan fingerprint density at radius 2 is 1.81 bits per heavy atom. The molecule has 5 rings (SSSR count). The molecule has 0 bridgehead atoms. The van der Waals surface area contributed by atoms with Gasteiger partial charge in [0.15, 0.2) is 23.1 Å². The molecule has 1 aromatic carbocycles. The number of fused-ring (bicyclic) bond motifs is 1. The highest BCUT2D eigenvalue weighted by molar-refractivity contribution is 6.13. The second-order valence-electron chi connectivity index (χ2n) is 9.66. The van der Waals surface area contributed by atoms with E-state index in [9.17, 15) is 9.59 Å². The van der Waals surface area contributed by atoms with Crippen LogP contribution in [0.2, 0.25) is 0 Å². The smallest absolute Gasteiger partial charge is 0.247 e. The predicted molar refractivity (Wildman–Crippen MR) is 156 cm³/mol. The van der Waals surface area contributed by atoms with Gasteiger partial charge < -0.3 is 30.2 Å². The van der Waals surface area contributed by atoms with Gasteiger partial charge >= 0.3 is 0 Å². The number of halogens is 2. The lowest BCUT2D eigenvalue weighted by Crippen LogP contribution is -2.22. The molecule has 0 radical (unpaired) electrons. The minimum Gasteiger partial charge on any atom is -0.494 e. The van der Waals surface area contributed by atoms with Crippen LogP contribution in [0.1, 0.15) is 28.0 Å². The predicted octanol–water partition coefficient (Wildman–Crippen LogP) is 4.93. The van der Waals surface area contributed by atoms with E-state index in [1.54, 1.807) is 18.3 Å². The maximum atomic E-state index is 15.3. The molecule has 1 unspecified atom stereocenters. The summed E-state index contributed by atoms with van der Waals surface area (Å²) >= 11 is 0. The number of methoxy groups -OCH3 is 2. The van der Waals surface area contributed by atoms with Gasteiger partial charge in [0.05, 0.1) is 61.8 Å². The third kappa shape index (κ3) is 5.93. The molecule has 4 aromatic rings. The van der Waals surface area contributed by atoms with Crippen LogP contribution in [0.25, 0.3) is 10.9 Å². The van der Waals surface area contributed by atoms with Crippen molar-refractivity contribution in [3.63, 3.8) is 0 Å². The number of carbonyl (C=O) groups excluding carboxylic acids is 2. The molecular weight excluding hydrogens is 562 g/mol. The van der Waals surface area contributed by atoms with Crippen LogP contribution in [0.3, 0.4) is 0 Å². The topological polar surface area (TPSA) is 137 Å². The summed E-state index contributed by atoms with van der Waals surface area (Å²) in [6, 6.07) is 4.23. The van der Waals surface area contributed by atoms with Crippen molar-refractivity contribution in [2.45, 2.75) is 19.4 Å². The van der Waals surface area contributed by atoms with Gasteiger partial charge in [0, 0.05) is 24.3 Å². The molecule has 11 nitrogen and oxygen atoms in total. The summed E-state index contributed by atoms with van der Waals surface area (Å²) in [5, 5.41) is 9.72. The summed E-state index contributed by atoms with van der Waals surface area (Å²) < 4.78 is 46.1. The lowest BCUT2D eigenvalue weighted by Gasteiger charge is -2.18. The average molecular weight is 591 g/mol. The summed E-state index contributed by atoms with van der Waals surface area (Å²) in [6.07, 6.45) is 6.35. The number of amides is 1. The third-order valence-corrected chi connectivity index (χ3v) is 6.84. The van der Waals surface area contributed by atoms with Crippen molar-refractivity contribution in [3.05, 3.63) is 77.9 Å². The Labute approximate surface area is 245 Å². The van der Waals surface area contributed by atoms with Crippen LogP contribution >= 0.6 is 0 Å². The molecule has 13 heteroatoms. The van der Waals surface area contributed by atoms with E-state index in [1.165, 1.54) is 26.6 Å². The molecule has 1 atom stereocenters. The number of rotatable bonds is 10. The van der Waals surface area contributed by atoms with Crippen LogP contribution in [0.15, 0.2) is 49.4 Å². The zero-order valence-electron chi connectivity index (χ0n) is 23.6. The van der Waals surface area contributed by atoms with Crippen LogP contribution in [-0.4, -0.2) is 60.1 Å². The Morgan fingerprint density at radius 1 is 1.07 bits per heavy atom. The lowest BCUT2D eigenvalue weighted by molar-refractivity contribution is -0.111. The van der Waals surface area contributed by atoms with E-state index in [0.717, 1.165) is 17.7 Å². The quantitative estimate of drug-likeness (QED) is 0.172. The van der Waals surface area contributed by atoms with Gasteiger partial charge in [0.1, 0.15) is 17.1 Å². The van der Waals surface area contributed by atoms with Gasteiger partial charge in [-0.2, -0.15) is 0 Å². The monoisotopic (exact) mass is 590 g/mol. The van der Waals surface area contributed by atoms with E-state index in [-0.39, 0.29) is 28.9 Å². The molecule has 0 saturated carbocycles. The van der Waals surface area contributed by atoms with Crippen molar-refractivity contribution in [1.29, 1.82) is 0 Å². The first kappa shape index (κ1) is 29.3. The van der Waals surface area contributed by atoms with Crippen molar-refractivity contribution in [2.75, 3.05) is 43.4 Å². The van der Waals surface area contributed by atoms with Gasteiger partial charge in [-0.25, -0.2) is 18.7 Å². The number of aromatic nitrogens is 3. The molecule has 1 aliphatic rings. The van der Waals surface area contributed by atoms with Gasteiger partial charge in [-0.1, -0.05) is 6.58 Å². The maximum absolute atomic E-state index is 15.3. The molecule has 1 amide bonds. The number of anilines is 4. The number of aryl methyl sites for hydroxylation is 1. The van der Waals surface area contributed by atoms with E-state index in [2.05, 4.69) is 37.5 Å². The molecule has 3 aromatic heterocycles. The highest BCUT2D eigenvalue weighted by atomic mass is 19.1. The van der Waals surface area contributed by atoms with Crippen LogP contribution in [0, 0.1) is 18.6 Å². The summed E-state index contributed by atoms with van der Waals surface area (Å²) in [4.78, 5) is 38.7. The van der Waals surface area contributed by atoms with Gasteiger partial charge in [-0.3, -0.25) is 14.6 Å². The van der Waals surface area contributed by atoms with Gasteiger partial charge in [-0.05, 0) is 37.1 Å². The first-order chi connectivity index (χ1) is 20.7. The molecule has 43 heavy (non-hydrogen) atoms. The molecule has 4 heterocycles. The molecule has 1 saturated heterocycles. The summed E-state index contributed by atoms with van der Waals surface area (Å²) in [5.74, 6) is -4.06. The number of nitrogens with one attached hydrogen (secondary N) is 3. The van der Waals surface area contributed by atoms with Crippen molar-refractivity contribution in [3.8, 4) is 11.5 Å². The first-order valence-corrected chi connectivity index (χ1v) is 13.2. The van der Waals surface area contributed by atoms with Crippen LogP contribution in [-0.2, 0) is 9.53 Å². The number of carbonyl (C=O) groups is 2. The van der Waals surface area contributed by atoms with Crippen LogP contribution in [0.5, 0.6) is 11.5 Å². The Hall–Kier alpha value is -5.17. The number of ether oxygens (including phenoxy) is 3. The van der Waals surface area contributed by atoms with Crippen molar-refractivity contribution >= 4 is 45.5 Å². The van der Waals surface area contributed by atoms with Crippen molar-refractivity contribution < 1.29 is 32.6 Å². The van der Waals surface area contributed by atoms with Crippen LogP contribution < -0.4 is 25.4 Å². The molecule has 1 aliphatic heterocycles. The third-order valence-electron chi connectivity index (χ3n) is 6.84. The molecule has 222 valence electrons.